The van der Waals surface area contributed by atoms with E-state index in [1.807, 2.05) is 6.92 Å². The molecule has 5 rings (SSSR count). The molecule has 2 fully saturated rings. The zero-order valence-electron chi connectivity index (χ0n) is 29.2. The number of hydrogen-bond donors (Lipinski definition) is 1. The second-order valence-corrected chi connectivity index (χ2v) is 15.3. The normalized spacial score (nSPS) is 29.3. The maximum Gasteiger partial charge on any atom is 0.408 e. The number of halogens is 4. The molecule has 0 spiro atoms. The van der Waals surface area contributed by atoms with Crippen LogP contribution in [-0.2, 0) is 20.2 Å². The second kappa shape index (κ2) is 13.6. The van der Waals surface area contributed by atoms with Gasteiger partial charge in [0.15, 0.2) is 5.78 Å². The number of ether oxygens (including phenoxy) is 3. The molecule has 9 nitrogen and oxygen atoms in total. The summed E-state index contributed by atoms with van der Waals surface area (Å²) >= 11 is 0. The van der Waals surface area contributed by atoms with Crippen LogP contribution in [0.3, 0.4) is 0 Å². The number of alkyl carbamates (subject to hydrolysis) is 1. The topological polar surface area (TPSA) is 107 Å². The van der Waals surface area contributed by atoms with Crippen LogP contribution >= 0.6 is 0 Å². The lowest BCUT2D eigenvalue weighted by molar-refractivity contribution is -0.143. The van der Waals surface area contributed by atoms with Crippen molar-refractivity contribution in [2.45, 2.75) is 123 Å². The van der Waals surface area contributed by atoms with E-state index in [0.29, 0.717) is 25.7 Å². The highest BCUT2D eigenvalue weighted by molar-refractivity contribution is 5.94. The van der Waals surface area contributed by atoms with Gasteiger partial charge in [0.1, 0.15) is 23.5 Å². The molecule has 1 saturated heterocycles. The third-order valence-electron chi connectivity index (χ3n) is 10.2. The molecule has 2 aliphatic heterocycles. The number of carbonyl (C=O) groups excluding carboxylic acids is 3. The number of hydrogen-bond acceptors (Lipinski definition) is 7. The van der Waals surface area contributed by atoms with Gasteiger partial charge >= 0.3 is 12.7 Å². The molecule has 270 valence electrons. The van der Waals surface area contributed by atoms with Crippen molar-refractivity contribution in [2.24, 2.45) is 23.2 Å². The van der Waals surface area contributed by atoms with Crippen LogP contribution in [0, 0.1) is 23.2 Å². The Labute approximate surface area is 284 Å². The monoisotopic (exact) mass is 693 g/mol. The highest BCUT2D eigenvalue weighted by Crippen LogP contribution is 2.50. The maximum atomic E-state index is 16.2. The number of aromatic nitrogens is 1. The van der Waals surface area contributed by atoms with Gasteiger partial charge in [-0.1, -0.05) is 48.0 Å². The van der Waals surface area contributed by atoms with Crippen LogP contribution in [0.2, 0.25) is 0 Å². The van der Waals surface area contributed by atoms with Gasteiger partial charge in [-0.05, 0) is 56.2 Å². The third-order valence-corrected chi connectivity index (χ3v) is 10.2. The Balaban J connectivity index is 1.63. The first-order valence-corrected chi connectivity index (χ1v) is 17.1. The highest BCUT2D eigenvalue weighted by Gasteiger charge is 2.55. The van der Waals surface area contributed by atoms with Gasteiger partial charge in [-0.3, -0.25) is 9.59 Å². The predicted molar refractivity (Wildman–Crippen MR) is 174 cm³/mol. The quantitative estimate of drug-likeness (QED) is 0.321. The molecular formula is C36H47F4N3O6. The molecule has 6 atom stereocenters. The number of carbonyl (C=O) groups is 3. The zero-order chi connectivity index (χ0) is 36.1. The number of benzene rings is 1. The lowest BCUT2D eigenvalue weighted by Gasteiger charge is -2.36. The number of alkyl halides is 4. The SMILES string of the molecule is CCC1C2CN(C(=O)C(C(C)(C)C)NC(=O)OC3(C)CC3CCCCC(F)(F)c3cc4ccc(OC(F)F)cc4nc3O2)C1C(=O)C(C)C. The molecule has 1 saturated carbocycles. The summed E-state index contributed by atoms with van der Waals surface area (Å²) in [5.41, 5.74) is -1.93. The van der Waals surface area contributed by atoms with Crippen LogP contribution in [0.1, 0.15) is 92.6 Å². The summed E-state index contributed by atoms with van der Waals surface area (Å²) in [7, 11) is 0. The van der Waals surface area contributed by atoms with Gasteiger partial charge in [0.25, 0.3) is 5.92 Å². The fourth-order valence-electron chi connectivity index (χ4n) is 7.23. The molecule has 3 aliphatic rings. The summed E-state index contributed by atoms with van der Waals surface area (Å²) < 4.78 is 75.0. The van der Waals surface area contributed by atoms with E-state index in [-0.39, 0.29) is 41.3 Å². The Hall–Kier alpha value is -3.64. The lowest BCUT2D eigenvalue weighted by atomic mass is 9.84. The van der Waals surface area contributed by atoms with Gasteiger partial charge in [0, 0.05) is 35.6 Å². The Bertz CT molecular complexity index is 1580. The van der Waals surface area contributed by atoms with Crippen molar-refractivity contribution >= 4 is 28.7 Å². The van der Waals surface area contributed by atoms with E-state index in [9.17, 15) is 23.2 Å². The average molecular weight is 694 g/mol. The zero-order valence-corrected chi connectivity index (χ0v) is 29.2. The van der Waals surface area contributed by atoms with Crippen molar-refractivity contribution in [1.29, 1.82) is 0 Å². The number of amides is 2. The summed E-state index contributed by atoms with van der Waals surface area (Å²) in [6, 6.07) is 3.09. The Morgan fingerprint density at radius 2 is 1.88 bits per heavy atom. The first-order chi connectivity index (χ1) is 22.8. The number of fused-ring (bicyclic) bond motifs is 5. The van der Waals surface area contributed by atoms with Crippen LogP contribution < -0.4 is 14.8 Å². The molecule has 2 aromatic rings. The minimum absolute atomic E-state index is 0.0156. The first-order valence-electron chi connectivity index (χ1n) is 17.1. The molecule has 1 aromatic heterocycles. The van der Waals surface area contributed by atoms with E-state index in [0.717, 1.165) is 0 Å². The Kier molecular flexibility index (Phi) is 10.2. The fourth-order valence-corrected chi connectivity index (χ4v) is 7.23. The van der Waals surface area contributed by atoms with Gasteiger partial charge in [0.2, 0.25) is 11.8 Å². The molecule has 3 heterocycles. The van der Waals surface area contributed by atoms with E-state index >= 15 is 8.78 Å². The summed E-state index contributed by atoms with van der Waals surface area (Å²) in [4.78, 5) is 47.3. The lowest BCUT2D eigenvalue weighted by Crippen LogP contribution is -2.58. The van der Waals surface area contributed by atoms with E-state index in [2.05, 4.69) is 15.0 Å². The standard InChI is InChI=1S/C36H47F4N3O6/c1-8-23-26-18-43(27(23)28(44)19(2)3)31(45)29(34(4,5)6)42-33(46)49-35(7)17-21(35)11-9-10-14-36(39,40)24-15-20-12-13-22(47-32(37)38)16-25(20)41-30(24)48-26/h12-13,15-16,19,21,23,26-27,29,32H,8-11,14,17-18H2,1-7H3,(H,42,46). The van der Waals surface area contributed by atoms with Crippen molar-refractivity contribution in [2.75, 3.05) is 6.54 Å². The summed E-state index contributed by atoms with van der Waals surface area (Å²) in [6.07, 6.45) is -0.0572. The summed E-state index contributed by atoms with van der Waals surface area (Å²) in [5, 5.41) is 3.06. The molecule has 2 amide bonds. The fraction of sp³-hybridized carbons (Fsp3) is 0.667. The van der Waals surface area contributed by atoms with Crippen molar-refractivity contribution in [3.8, 4) is 11.6 Å². The van der Waals surface area contributed by atoms with E-state index in [1.165, 1.54) is 29.2 Å². The van der Waals surface area contributed by atoms with E-state index < -0.39 is 83.4 Å². The van der Waals surface area contributed by atoms with E-state index in [1.54, 1.807) is 41.5 Å². The number of nitrogens with one attached hydrogen (secondary N) is 1. The van der Waals surface area contributed by atoms with Crippen molar-refractivity contribution < 1.29 is 46.2 Å². The van der Waals surface area contributed by atoms with Crippen LogP contribution in [0.15, 0.2) is 24.3 Å². The molecule has 1 aliphatic carbocycles. The summed E-state index contributed by atoms with van der Waals surface area (Å²) in [6.45, 7) is 9.22. The van der Waals surface area contributed by atoms with Gasteiger partial charge in [-0.2, -0.15) is 8.78 Å². The summed E-state index contributed by atoms with van der Waals surface area (Å²) in [5.74, 6) is -5.82. The second-order valence-electron chi connectivity index (χ2n) is 15.3. The molecule has 2 bridgehead atoms. The van der Waals surface area contributed by atoms with Crippen molar-refractivity contribution in [1.82, 2.24) is 15.2 Å². The number of Topliss-reactive ketones (excluding diaryl/α,β-unsaturated/α-hetero) is 1. The average Bonchev–Trinajstić information content (AvgIpc) is 3.48. The van der Waals surface area contributed by atoms with Gasteiger partial charge in [-0.25, -0.2) is 18.6 Å². The van der Waals surface area contributed by atoms with Crippen LogP contribution in [0.4, 0.5) is 22.4 Å². The third kappa shape index (κ3) is 7.75. The smallest absolute Gasteiger partial charge is 0.408 e. The minimum Gasteiger partial charge on any atom is -0.472 e. The van der Waals surface area contributed by atoms with Gasteiger partial charge in [-0.15, -0.1) is 0 Å². The Morgan fingerprint density at radius 1 is 1.16 bits per heavy atom. The molecule has 1 aromatic carbocycles. The van der Waals surface area contributed by atoms with Crippen molar-refractivity contribution in [3.05, 3.63) is 29.8 Å². The predicted octanol–water partition coefficient (Wildman–Crippen LogP) is 7.63. The number of ketones is 1. The first kappa shape index (κ1) is 36.6. The minimum atomic E-state index is -3.39. The number of nitrogens with zero attached hydrogens (tertiary/aromatic N) is 2. The number of pyridine rings is 1. The Morgan fingerprint density at radius 3 is 2.51 bits per heavy atom. The van der Waals surface area contributed by atoms with Crippen LogP contribution in [-0.4, -0.2) is 64.6 Å². The van der Waals surface area contributed by atoms with Crippen LogP contribution in [0.25, 0.3) is 10.9 Å². The molecule has 1 N–H and O–H groups in total. The maximum absolute atomic E-state index is 16.2. The molecular weight excluding hydrogens is 646 g/mol. The number of rotatable bonds is 5. The molecule has 13 heteroatoms. The highest BCUT2D eigenvalue weighted by atomic mass is 19.3. The van der Waals surface area contributed by atoms with Gasteiger partial charge < -0.3 is 24.4 Å². The van der Waals surface area contributed by atoms with Crippen LogP contribution in [0.5, 0.6) is 11.6 Å². The van der Waals surface area contributed by atoms with Crippen molar-refractivity contribution in [3.63, 3.8) is 0 Å². The largest absolute Gasteiger partial charge is 0.472 e. The molecule has 0 radical (unpaired) electrons. The molecule has 6 unspecified atom stereocenters. The molecule has 49 heavy (non-hydrogen) atoms. The van der Waals surface area contributed by atoms with Gasteiger partial charge in [0.05, 0.1) is 23.7 Å². The van der Waals surface area contributed by atoms with E-state index in [4.69, 9.17) is 9.47 Å².